The molecule has 2 rings (SSSR count). The number of rotatable bonds is 0. The van der Waals surface area contributed by atoms with E-state index in [1.807, 2.05) is 0 Å². The van der Waals surface area contributed by atoms with Gasteiger partial charge in [-0.1, -0.05) is 0 Å². The number of fused-ring (bicyclic) bond motifs is 2. The molecular formula is C7H13NS. The van der Waals surface area contributed by atoms with E-state index in [2.05, 4.69) is 11.8 Å². The van der Waals surface area contributed by atoms with Gasteiger partial charge in [-0.05, 0) is 36.2 Å². The summed E-state index contributed by atoms with van der Waals surface area (Å²) in [6, 6.07) is 0.561. The van der Waals surface area contributed by atoms with Crippen molar-refractivity contribution in [2.75, 3.05) is 11.5 Å². The van der Waals surface area contributed by atoms with Crippen LogP contribution in [-0.4, -0.2) is 17.5 Å². The first kappa shape index (κ1) is 6.05. The molecule has 0 aromatic rings. The fourth-order valence-corrected chi connectivity index (χ4v) is 3.48. The minimum absolute atomic E-state index is 0.561. The molecule has 1 heterocycles. The number of thioether (sulfide) groups is 1. The van der Waals surface area contributed by atoms with Crippen LogP contribution in [0.2, 0.25) is 0 Å². The van der Waals surface area contributed by atoms with Gasteiger partial charge >= 0.3 is 0 Å². The standard InChI is InChI=1S/C7H13NS/c8-7-5-1-2-6(7)4-9-3-5/h5-7H,1-4,8H2. The number of hydrogen-bond acceptors (Lipinski definition) is 2. The van der Waals surface area contributed by atoms with Crippen LogP contribution in [0.1, 0.15) is 12.8 Å². The van der Waals surface area contributed by atoms with Crippen molar-refractivity contribution in [3.8, 4) is 0 Å². The van der Waals surface area contributed by atoms with E-state index >= 15 is 0 Å². The maximum absolute atomic E-state index is 5.97. The Morgan fingerprint density at radius 3 is 2.11 bits per heavy atom. The van der Waals surface area contributed by atoms with Crippen molar-refractivity contribution in [1.29, 1.82) is 0 Å². The molecule has 1 saturated heterocycles. The van der Waals surface area contributed by atoms with Crippen LogP contribution in [0.15, 0.2) is 0 Å². The Kier molecular flexibility index (Phi) is 1.46. The summed E-state index contributed by atoms with van der Waals surface area (Å²) < 4.78 is 0. The van der Waals surface area contributed by atoms with Gasteiger partial charge < -0.3 is 5.73 Å². The van der Waals surface area contributed by atoms with Crippen molar-refractivity contribution in [3.05, 3.63) is 0 Å². The van der Waals surface area contributed by atoms with E-state index in [-0.39, 0.29) is 0 Å². The first-order valence-electron chi connectivity index (χ1n) is 3.71. The van der Waals surface area contributed by atoms with Crippen LogP contribution in [-0.2, 0) is 0 Å². The summed E-state index contributed by atoms with van der Waals surface area (Å²) in [5.41, 5.74) is 5.97. The normalized spacial score (nSPS) is 49.7. The molecule has 2 heteroatoms. The maximum atomic E-state index is 5.97. The van der Waals surface area contributed by atoms with Gasteiger partial charge in [0.25, 0.3) is 0 Å². The highest BCUT2D eigenvalue weighted by Crippen LogP contribution is 2.39. The Morgan fingerprint density at radius 1 is 1.11 bits per heavy atom. The van der Waals surface area contributed by atoms with Crippen LogP contribution >= 0.6 is 11.8 Å². The summed E-state index contributed by atoms with van der Waals surface area (Å²) in [6.45, 7) is 0. The minimum atomic E-state index is 0.561. The molecule has 2 aliphatic rings. The van der Waals surface area contributed by atoms with Crippen LogP contribution in [0.4, 0.5) is 0 Å². The second-order valence-corrected chi connectivity index (χ2v) is 4.29. The minimum Gasteiger partial charge on any atom is -0.327 e. The lowest BCUT2D eigenvalue weighted by Crippen LogP contribution is -2.36. The molecule has 0 radical (unpaired) electrons. The van der Waals surface area contributed by atoms with Crippen molar-refractivity contribution >= 4 is 11.8 Å². The highest BCUT2D eigenvalue weighted by molar-refractivity contribution is 7.99. The Morgan fingerprint density at radius 2 is 1.67 bits per heavy atom. The summed E-state index contributed by atoms with van der Waals surface area (Å²) in [4.78, 5) is 0. The monoisotopic (exact) mass is 143 g/mol. The van der Waals surface area contributed by atoms with Gasteiger partial charge in [-0.15, -0.1) is 0 Å². The highest BCUT2D eigenvalue weighted by atomic mass is 32.2. The zero-order valence-corrected chi connectivity index (χ0v) is 6.36. The largest absolute Gasteiger partial charge is 0.327 e. The fourth-order valence-electron chi connectivity index (χ4n) is 1.96. The zero-order chi connectivity index (χ0) is 6.27. The van der Waals surface area contributed by atoms with E-state index < -0.39 is 0 Å². The second-order valence-electron chi connectivity index (χ2n) is 3.21. The molecule has 0 amide bonds. The van der Waals surface area contributed by atoms with E-state index in [1.54, 1.807) is 0 Å². The van der Waals surface area contributed by atoms with Crippen LogP contribution in [0.25, 0.3) is 0 Å². The third kappa shape index (κ3) is 0.887. The summed E-state index contributed by atoms with van der Waals surface area (Å²) in [7, 11) is 0. The van der Waals surface area contributed by atoms with Crippen LogP contribution < -0.4 is 5.73 Å². The molecule has 1 aliphatic carbocycles. The quantitative estimate of drug-likeness (QED) is 0.549. The molecule has 2 bridgehead atoms. The van der Waals surface area contributed by atoms with Crippen LogP contribution in [0, 0.1) is 11.8 Å². The van der Waals surface area contributed by atoms with Gasteiger partial charge in [-0.3, -0.25) is 0 Å². The van der Waals surface area contributed by atoms with E-state index in [9.17, 15) is 0 Å². The van der Waals surface area contributed by atoms with Crippen molar-refractivity contribution in [2.45, 2.75) is 18.9 Å². The molecule has 1 nitrogen and oxygen atoms in total. The smallest absolute Gasteiger partial charge is 0.0111 e. The molecule has 2 N–H and O–H groups in total. The van der Waals surface area contributed by atoms with Crippen molar-refractivity contribution in [3.63, 3.8) is 0 Å². The summed E-state index contributed by atoms with van der Waals surface area (Å²) >= 11 is 2.10. The molecule has 1 saturated carbocycles. The third-order valence-electron chi connectivity index (χ3n) is 2.66. The lowest BCUT2D eigenvalue weighted by atomic mass is 10.0. The SMILES string of the molecule is NC1C2CCC1CSC2. The first-order valence-corrected chi connectivity index (χ1v) is 4.87. The van der Waals surface area contributed by atoms with Gasteiger partial charge in [-0.25, -0.2) is 0 Å². The summed E-state index contributed by atoms with van der Waals surface area (Å²) in [5, 5.41) is 0. The predicted octanol–water partition coefficient (Wildman–Crippen LogP) is 1.09. The van der Waals surface area contributed by atoms with Crippen molar-refractivity contribution in [2.24, 2.45) is 17.6 Å². The molecule has 0 aromatic heterocycles. The highest BCUT2D eigenvalue weighted by Gasteiger charge is 2.36. The van der Waals surface area contributed by atoms with E-state index in [0.717, 1.165) is 11.8 Å². The van der Waals surface area contributed by atoms with Gasteiger partial charge in [0, 0.05) is 6.04 Å². The fraction of sp³-hybridized carbons (Fsp3) is 1.00. The van der Waals surface area contributed by atoms with Gasteiger partial charge in [-0.2, -0.15) is 11.8 Å². The molecule has 2 fully saturated rings. The van der Waals surface area contributed by atoms with E-state index in [0.29, 0.717) is 6.04 Å². The lowest BCUT2D eigenvalue weighted by Gasteiger charge is -2.25. The predicted molar refractivity (Wildman–Crippen MR) is 41.5 cm³/mol. The van der Waals surface area contributed by atoms with Crippen LogP contribution in [0.3, 0.4) is 0 Å². The van der Waals surface area contributed by atoms with Gasteiger partial charge in [0.15, 0.2) is 0 Å². The molecule has 1 aliphatic heterocycles. The third-order valence-corrected chi connectivity index (χ3v) is 3.99. The van der Waals surface area contributed by atoms with E-state index in [4.69, 9.17) is 5.73 Å². The molecular weight excluding hydrogens is 130 g/mol. The van der Waals surface area contributed by atoms with Gasteiger partial charge in [0.1, 0.15) is 0 Å². The maximum Gasteiger partial charge on any atom is 0.0111 e. The first-order chi connectivity index (χ1) is 4.38. The average molecular weight is 143 g/mol. The van der Waals surface area contributed by atoms with E-state index in [1.165, 1.54) is 24.3 Å². The Labute approximate surface area is 60.4 Å². The Bertz CT molecular complexity index is 99.5. The molecule has 52 valence electrons. The van der Waals surface area contributed by atoms with Gasteiger partial charge in [0.2, 0.25) is 0 Å². The Hall–Kier alpha value is 0.310. The van der Waals surface area contributed by atoms with Crippen LogP contribution in [0.5, 0.6) is 0 Å². The topological polar surface area (TPSA) is 26.0 Å². The Balaban J connectivity index is 2.10. The summed E-state index contributed by atoms with van der Waals surface area (Å²) in [5.74, 6) is 4.40. The van der Waals surface area contributed by atoms with Crippen molar-refractivity contribution in [1.82, 2.24) is 0 Å². The second kappa shape index (κ2) is 2.17. The number of nitrogens with two attached hydrogens (primary N) is 1. The molecule has 2 unspecified atom stereocenters. The molecule has 0 spiro atoms. The zero-order valence-electron chi connectivity index (χ0n) is 5.55. The summed E-state index contributed by atoms with van der Waals surface area (Å²) in [6.07, 6.45) is 2.80. The molecule has 9 heavy (non-hydrogen) atoms. The van der Waals surface area contributed by atoms with Crippen molar-refractivity contribution < 1.29 is 0 Å². The molecule has 2 atom stereocenters. The number of hydrogen-bond donors (Lipinski definition) is 1. The lowest BCUT2D eigenvalue weighted by molar-refractivity contribution is 0.453. The average Bonchev–Trinajstić information content (AvgIpc) is 2.19. The molecule has 0 aromatic carbocycles. The van der Waals surface area contributed by atoms with Gasteiger partial charge in [0.05, 0.1) is 0 Å².